The topological polar surface area (TPSA) is 57.5 Å². The van der Waals surface area contributed by atoms with Gasteiger partial charge in [-0.3, -0.25) is 0 Å². The van der Waals surface area contributed by atoms with Crippen LogP contribution >= 0.6 is 0 Å². The normalized spacial score (nSPS) is 44.6. The lowest BCUT2D eigenvalue weighted by atomic mass is 9.43. The molecular formula is C31H54O3. The van der Waals surface area contributed by atoms with Crippen LogP contribution in [0.3, 0.4) is 0 Å². The molecule has 0 radical (unpaired) electrons. The predicted octanol–water partition coefficient (Wildman–Crippen LogP) is 7.81. The summed E-state index contributed by atoms with van der Waals surface area (Å²) in [6.07, 6.45) is 14.1. The van der Waals surface area contributed by atoms with Crippen LogP contribution in [0.25, 0.3) is 0 Å². The molecule has 0 amide bonds. The Labute approximate surface area is 209 Å². The van der Waals surface area contributed by atoms with Gasteiger partial charge >= 0.3 is 5.97 Å². The highest BCUT2D eigenvalue weighted by Gasteiger charge is 2.60. The SMILES string of the molecule is CC[C@H](CC[C@@H](C)[C@H]1CCC2C3CCC4C[C@@H](C(O)C(=O)O)CC[C@]4(C)C3CC[C@@]21C)C(C)C. The van der Waals surface area contributed by atoms with Crippen molar-refractivity contribution >= 4 is 5.97 Å². The zero-order valence-corrected chi connectivity index (χ0v) is 23.1. The van der Waals surface area contributed by atoms with Gasteiger partial charge in [0.2, 0.25) is 0 Å². The maximum atomic E-state index is 11.4. The zero-order chi connectivity index (χ0) is 24.8. The molecule has 0 heterocycles. The van der Waals surface area contributed by atoms with Crippen molar-refractivity contribution in [3.05, 3.63) is 0 Å². The Kier molecular flexibility index (Phi) is 7.84. The maximum absolute atomic E-state index is 11.4. The van der Waals surface area contributed by atoms with E-state index in [1.54, 1.807) is 0 Å². The summed E-state index contributed by atoms with van der Waals surface area (Å²) in [7, 11) is 0. The summed E-state index contributed by atoms with van der Waals surface area (Å²) in [6.45, 7) is 15.0. The molecule has 4 fully saturated rings. The standard InChI is InChI=1S/C31H54O3/c1-7-21(19(2)3)9-8-20(4)25-12-13-26-24-11-10-23-18-22(28(32)29(33)34)14-16-30(23,5)27(24)15-17-31(25,26)6/h19-28,32H,7-18H2,1-6H3,(H,33,34)/t20-,21-,22+,23?,24?,25-,26?,27?,28?,30+,31-/m1/s1. The van der Waals surface area contributed by atoms with Crippen molar-refractivity contribution < 1.29 is 15.0 Å². The molecule has 0 aromatic heterocycles. The van der Waals surface area contributed by atoms with E-state index in [2.05, 4.69) is 41.5 Å². The van der Waals surface area contributed by atoms with Crippen LogP contribution in [0.2, 0.25) is 0 Å². The Balaban J connectivity index is 1.43. The minimum atomic E-state index is -1.17. The minimum absolute atomic E-state index is 0.0459. The second-order valence-corrected chi connectivity index (χ2v) is 14.2. The third-order valence-corrected chi connectivity index (χ3v) is 12.6. The van der Waals surface area contributed by atoms with Gasteiger partial charge < -0.3 is 10.2 Å². The van der Waals surface area contributed by atoms with Gasteiger partial charge in [0.05, 0.1) is 0 Å². The van der Waals surface area contributed by atoms with Gasteiger partial charge in [-0.25, -0.2) is 4.79 Å². The number of aliphatic hydroxyl groups excluding tert-OH is 1. The summed E-state index contributed by atoms with van der Waals surface area (Å²) < 4.78 is 0. The number of carbonyl (C=O) groups is 1. The fourth-order valence-corrected chi connectivity index (χ4v) is 10.4. The molecule has 4 saturated carbocycles. The van der Waals surface area contributed by atoms with Crippen LogP contribution in [0.5, 0.6) is 0 Å². The monoisotopic (exact) mass is 474 g/mol. The molecule has 3 nitrogen and oxygen atoms in total. The molecule has 3 heteroatoms. The number of hydrogen-bond donors (Lipinski definition) is 2. The lowest BCUT2D eigenvalue weighted by molar-refractivity contribution is -0.157. The molecule has 5 unspecified atom stereocenters. The molecule has 4 aliphatic carbocycles. The fourth-order valence-electron chi connectivity index (χ4n) is 10.4. The summed E-state index contributed by atoms with van der Waals surface area (Å²) in [6, 6.07) is 0. The number of rotatable bonds is 8. The smallest absolute Gasteiger partial charge is 0.332 e. The molecule has 0 saturated heterocycles. The van der Waals surface area contributed by atoms with Crippen molar-refractivity contribution in [1.29, 1.82) is 0 Å². The van der Waals surface area contributed by atoms with E-state index in [4.69, 9.17) is 0 Å². The molecular weight excluding hydrogens is 420 g/mol. The molecule has 11 atom stereocenters. The molecule has 0 aromatic rings. The van der Waals surface area contributed by atoms with Crippen molar-refractivity contribution in [2.45, 2.75) is 125 Å². The third kappa shape index (κ3) is 4.50. The van der Waals surface area contributed by atoms with E-state index in [-0.39, 0.29) is 5.92 Å². The van der Waals surface area contributed by atoms with Gasteiger partial charge in [0, 0.05) is 0 Å². The maximum Gasteiger partial charge on any atom is 0.332 e. The van der Waals surface area contributed by atoms with E-state index < -0.39 is 12.1 Å². The average Bonchev–Trinajstić information content (AvgIpc) is 3.15. The van der Waals surface area contributed by atoms with Crippen LogP contribution in [0.4, 0.5) is 0 Å². The van der Waals surface area contributed by atoms with Crippen molar-refractivity contribution in [3.63, 3.8) is 0 Å². The van der Waals surface area contributed by atoms with E-state index in [0.717, 1.165) is 60.7 Å². The first-order chi connectivity index (χ1) is 16.0. The summed E-state index contributed by atoms with van der Waals surface area (Å²) in [4.78, 5) is 11.4. The average molecular weight is 475 g/mol. The molecule has 4 rings (SSSR count). The second-order valence-electron chi connectivity index (χ2n) is 14.2. The number of carboxylic acid groups (broad SMARTS) is 1. The Morgan fingerprint density at radius 3 is 2.24 bits per heavy atom. The number of hydrogen-bond acceptors (Lipinski definition) is 2. The predicted molar refractivity (Wildman–Crippen MR) is 139 cm³/mol. The van der Waals surface area contributed by atoms with Gasteiger partial charge in [-0.15, -0.1) is 0 Å². The molecule has 2 N–H and O–H groups in total. The summed E-state index contributed by atoms with van der Waals surface area (Å²) in [5.74, 6) is 5.54. The van der Waals surface area contributed by atoms with Crippen molar-refractivity contribution in [2.24, 2.45) is 64.1 Å². The summed E-state index contributed by atoms with van der Waals surface area (Å²) in [5.41, 5.74) is 0.883. The number of carboxylic acids is 1. The Morgan fingerprint density at radius 1 is 0.912 bits per heavy atom. The Morgan fingerprint density at radius 2 is 1.59 bits per heavy atom. The van der Waals surface area contributed by atoms with Crippen LogP contribution < -0.4 is 0 Å². The van der Waals surface area contributed by atoms with E-state index in [1.807, 2.05) is 0 Å². The lowest BCUT2D eigenvalue weighted by Gasteiger charge is -2.61. The van der Waals surface area contributed by atoms with Gasteiger partial charge in [-0.1, -0.05) is 54.4 Å². The van der Waals surface area contributed by atoms with Crippen LogP contribution in [-0.4, -0.2) is 22.3 Å². The largest absolute Gasteiger partial charge is 0.479 e. The lowest BCUT2D eigenvalue weighted by Crippen LogP contribution is -2.54. The van der Waals surface area contributed by atoms with Gasteiger partial charge in [0.15, 0.2) is 6.10 Å². The van der Waals surface area contributed by atoms with E-state index in [9.17, 15) is 15.0 Å². The number of aliphatic hydroxyl groups is 1. The first kappa shape index (κ1) is 26.5. The molecule has 0 bridgehead atoms. The molecule has 34 heavy (non-hydrogen) atoms. The zero-order valence-electron chi connectivity index (χ0n) is 23.1. The second kappa shape index (κ2) is 10.1. The van der Waals surface area contributed by atoms with E-state index in [1.165, 1.54) is 57.8 Å². The van der Waals surface area contributed by atoms with Crippen molar-refractivity contribution in [2.75, 3.05) is 0 Å². The van der Waals surface area contributed by atoms with Crippen LogP contribution in [0.1, 0.15) is 119 Å². The quantitative estimate of drug-likeness (QED) is 0.377. The van der Waals surface area contributed by atoms with Crippen LogP contribution in [-0.2, 0) is 4.79 Å². The molecule has 4 aliphatic rings. The molecule has 196 valence electrons. The van der Waals surface area contributed by atoms with Gasteiger partial charge in [0.1, 0.15) is 0 Å². The van der Waals surface area contributed by atoms with Gasteiger partial charge in [-0.2, -0.15) is 0 Å². The Hall–Kier alpha value is -0.570. The first-order valence-electron chi connectivity index (χ1n) is 14.9. The molecule has 0 aromatic carbocycles. The van der Waals surface area contributed by atoms with E-state index in [0.29, 0.717) is 16.7 Å². The minimum Gasteiger partial charge on any atom is -0.479 e. The number of fused-ring (bicyclic) bond motifs is 5. The van der Waals surface area contributed by atoms with E-state index >= 15 is 0 Å². The molecule has 0 aliphatic heterocycles. The van der Waals surface area contributed by atoms with Crippen molar-refractivity contribution in [3.8, 4) is 0 Å². The fraction of sp³-hybridized carbons (Fsp3) is 0.968. The highest BCUT2D eigenvalue weighted by Crippen LogP contribution is 2.68. The van der Waals surface area contributed by atoms with Crippen molar-refractivity contribution in [1.82, 2.24) is 0 Å². The number of aliphatic carboxylic acids is 1. The van der Waals surface area contributed by atoms with Gasteiger partial charge in [-0.05, 0) is 128 Å². The molecule has 0 spiro atoms. The highest BCUT2D eigenvalue weighted by atomic mass is 16.4. The first-order valence-corrected chi connectivity index (χ1v) is 14.9. The van der Waals surface area contributed by atoms with Crippen LogP contribution in [0.15, 0.2) is 0 Å². The van der Waals surface area contributed by atoms with Gasteiger partial charge in [0.25, 0.3) is 0 Å². The summed E-state index contributed by atoms with van der Waals surface area (Å²) >= 11 is 0. The highest BCUT2D eigenvalue weighted by molar-refractivity contribution is 5.72. The Bertz CT molecular complexity index is 717. The van der Waals surface area contributed by atoms with Crippen LogP contribution in [0, 0.1) is 64.1 Å². The summed E-state index contributed by atoms with van der Waals surface area (Å²) in [5, 5.41) is 19.6. The third-order valence-electron chi connectivity index (χ3n) is 12.6.